The van der Waals surface area contributed by atoms with Crippen LogP contribution in [0.15, 0.2) is 53.3 Å². The molecule has 0 aliphatic rings. The summed E-state index contributed by atoms with van der Waals surface area (Å²) in [7, 11) is 0. The van der Waals surface area contributed by atoms with Gasteiger partial charge in [0.2, 0.25) is 0 Å². The first-order valence-corrected chi connectivity index (χ1v) is 6.94. The first kappa shape index (κ1) is 13.0. The minimum Gasteiger partial charge on any atom is -0.469 e. The molecule has 0 saturated heterocycles. The van der Waals surface area contributed by atoms with Gasteiger partial charge in [-0.15, -0.1) is 0 Å². The molecule has 20 heavy (non-hydrogen) atoms. The molecule has 1 aromatic carbocycles. The molecule has 0 bridgehead atoms. The Balaban J connectivity index is 1.85. The van der Waals surface area contributed by atoms with Crippen LogP contribution in [0.4, 0.5) is 5.69 Å². The van der Waals surface area contributed by atoms with Gasteiger partial charge >= 0.3 is 0 Å². The standard InChI is InChI=1S/C16H15ClN2O/c1-11(10-12-4-3-9-20-12)19-15-7-6-14(17)13-5-2-8-18-16(13)15/h2-9,11,19H,10H2,1H3. The van der Waals surface area contributed by atoms with E-state index in [9.17, 15) is 0 Å². The second-order valence-electron chi connectivity index (χ2n) is 4.82. The van der Waals surface area contributed by atoms with E-state index in [1.54, 1.807) is 12.5 Å². The molecule has 0 amide bonds. The zero-order chi connectivity index (χ0) is 13.9. The maximum Gasteiger partial charge on any atom is 0.105 e. The van der Waals surface area contributed by atoms with E-state index >= 15 is 0 Å². The summed E-state index contributed by atoms with van der Waals surface area (Å²) in [5, 5.41) is 5.15. The molecule has 1 atom stereocenters. The predicted octanol–water partition coefficient (Wildman–Crippen LogP) is 4.52. The fourth-order valence-corrected chi connectivity index (χ4v) is 2.52. The lowest BCUT2D eigenvalue weighted by Crippen LogP contribution is -2.18. The van der Waals surface area contributed by atoms with Crippen LogP contribution in [0, 0.1) is 0 Å². The zero-order valence-corrected chi connectivity index (χ0v) is 11.9. The Labute approximate surface area is 122 Å². The average Bonchev–Trinajstić information content (AvgIpc) is 2.95. The summed E-state index contributed by atoms with van der Waals surface area (Å²) < 4.78 is 5.37. The van der Waals surface area contributed by atoms with E-state index < -0.39 is 0 Å². The number of pyridine rings is 1. The topological polar surface area (TPSA) is 38.1 Å². The molecule has 3 aromatic rings. The van der Waals surface area contributed by atoms with Crippen molar-refractivity contribution in [1.29, 1.82) is 0 Å². The van der Waals surface area contributed by atoms with Crippen molar-refractivity contribution in [3.05, 3.63) is 59.6 Å². The van der Waals surface area contributed by atoms with Gasteiger partial charge in [0.15, 0.2) is 0 Å². The number of benzene rings is 1. The van der Waals surface area contributed by atoms with Crippen molar-refractivity contribution in [3.63, 3.8) is 0 Å². The monoisotopic (exact) mass is 286 g/mol. The summed E-state index contributed by atoms with van der Waals surface area (Å²) in [6.07, 6.45) is 4.30. The van der Waals surface area contributed by atoms with Crippen LogP contribution < -0.4 is 5.32 Å². The lowest BCUT2D eigenvalue weighted by Gasteiger charge is -2.15. The quantitative estimate of drug-likeness (QED) is 0.766. The molecular weight excluding hydrogens is 272 g/mol. The van der Waals surface area contributed by atoms with Crippen molar-refractivity contribution in [2.24, 2.45) is 0 Å². The first-order chi connectivity index (χ1) is 9.74. The highest BCUT2D eigenvalue weighted by Gasteiger charge is 2.10. The molecule has 2 aromatic heterocycles. The Bertz CT molecular complexity index is 710. The summed E-state index contributed by atoms with van der Waals surface area (Å²) in [4.78, 5) is 4.42. The molecule has 4 heteroatoms. The molecule has 0 radical (unpaired) electrons. The van der Waals surface area contributed by atoms with E-state index in [0.717, 1.165) is 33.8 Å². The number of rotatable bonds is 4. The van der Waals surface area contributed by atoms with E-state index in [1.165, 1.54) is 0 Å². The fraction of sp³-hybridized carbons (Fsp3) is 0.188. The molecule has 3 rings (SSSR count). The van der Waals surface area contributed by atoms with Crippen LogP contribution in [0.5, 0.6) is 0 Å². The normalized spacial score (nSPS) is 12.5. The highest BCUT2D eigenvalue weighted by Crippen LogP contribution is 2.28. The van der Waals surface area contributed by atoms with Crippen LogP contribution >= 0.6 is 11.6 Å². The highest BCUT2D eigenvalue weighted by molar-refractivity contribution is 6.35. The fourth-order valence-electron chi connectivity index (χ4n) is 2.30. The van der Waals surface area contributed by atoms with Gasteiger partial charge in [-0.05, 0) is 43.3 Å². The first-order valence-electron chi connectivity index (χ1n) is 6.56. The van der Waals surface area contributed by atoms with E-state index in [0.29, 0.717) is 0 Å². The number of fused-ring (bicyclic) bond motifs is 1. The lowest BCUT2D eigenvalue weighted by atomic mass is 10.1. The van der Waals surface area contributed by atoms with Crippen LogP contribution in [-0.4, -0.2) is 11.0 Å². The van der Waals surface area contributed by atoms with Gasteiger partial charge in [-0.1, -0.05) is 11.6 Å². The van der Waals surface area contributed by atoms with E-state index in [4.69, 9.17) is 16.0 Å². The lowest BCUT2D eigenvalue weighted by molar-refractivity contribution is 0.498. The van der Waals surface area contributed by atoms with Gasteiger partial charge in [0.1, 0.15) is 5.76 Å². The largest absolute Gasteiger partial charge is 0.469 e. The molecule has 1 unspecified atom stereocenters. The minimum atomic E-state index is 0.243. The Morgan fingerprint density at radius 3 is 2.95 bits per heavy atom. The SMILES string of the molecule is CC(Cc1ccco1)Nc1ccc(Cl)c2cccnc12. The Kier molecular flexibility index (Phi) is 3.61. The Morgan fingerprint density at radius 2 is 2.15 bits per heavy atom. The molecule has 102 valence electrons. The van der Waals surface area contributed by atoms with Crippen molar-refractivity contribution in [2.75, 3.05) is 5.32 Å². The number of hydrogen-bond donors (Lipinski definition) is 1. The summed E-state index contributed by atoms with van der Waals surface area (Å²) in [6.45, 7) is 2.12. The number of aromatic nitrogens is 1. The van der Waals surface area contributed by atoms with Gasteiger partial charge < -0.3 is 9.73 Å². The van der Waals surface area contributed by atoms with E-state index in [2.05, 4.69) is 17.2 Å². The number of halogens is 1. The molecule has 0 saturated carbocycles. The maximum absolute atomic E-state index is 6.20. The van der Waals surface area contributed by atoms with Crippen molar-refractivity contribution >= 4 is 28.2 Å². The molecule has 0 fully saturated rings. The van der Waals surface area contributed by atoms with E-state index in [1.807, 2.05) is 36.4 Å². The number of nitrogens with zero attached hydrogens (tertiary/aromatic N) is 1. The van der Waals surface area contributed by atoms with Crippen LogP contribution in [0.3, 0.4) is 0 Å². The second kappa shape index (κ2) is 5.55. The molecule has 0 aliphatic heterocycles. The smallest absolute Gasteiger partial charge is 0.105 e. The third kappa shape index (κ3) is 2.63. The second-order valence-corrected chi connectivity index (χ2v) is 5.23. The molecule has 2 heterocycles. The summed E-state index contributed by atoms with van der Waals surface area (Å²) in [5.74, 6) is 0.969. The highest BCUT2D eigenvalue weighted by atomic mass is 35.5. The Morgan fingerprint density at radius 1 is 1.25 bits per heavy atom. The van der Waals surface area contributed by atoms with E-state index in [-0.39, 0.29) is 6.04 Å². The van der Waals surface area contributed by atoms with Gasteiger partial charge in [-0.2, -0.15) is 0 Å². The zero-order valence-electron chi connectivity index (χ0n) is 11.1. The molecule has 0 spiro atoms. The summed E-state index contributed by atoms with van der Waals surface area (Å²) in [6, 6.07) is 11.9. The molecule has 1 N–H and O–H groups in total. The Hall–Kier alpha value is -2.00. The number of hydrogen-bond acceptors (Lipinski definition) is 3. The van der Waals surface area contributed by atoms with Gasteiger partial charge in [-0.3, -0.25) is 4.98 Å². The van der Waals surface area contributed by atoms with Gasteiger partial charge in [-0.25, -0.2) is 0 Å². The maximum atomic E-state index is 6.20. The van der Waals surface area contributed by atoms with Crippen molar-refractivity contribution < 1.29 is 4.42 Å². The number of nitrogens with one attached hydrogen (secondary N) is 1. The van der Waals surface area contributed by atoms with Crippen LogP contribution in [0.1, 0.15) is 12.7 Å². The van der Waals surface area contributed by atoms with Gasteiger partial charge in [0.05, 0.1) is 22.5 Å². The number of furan rings is 1. The average molecular weight is 287 g/mol. The van der Waals surface area contributed by atoms with Crippen LogP contribution in [0.2, 0.25) is 5.02 Å². The third-order valence-corrected chi connectivity index (χ3v) is 3.54. The van der Waals surface area contributed by atoms with Crippen LogP contribution in [0.25, 0.3) is 10.9 Å². The summed E-state index contributed by atoms with van der Waals surface area (Å²) in [5.41, 5.74) is 1.88. The minimum absolute atomic E-state index is 0.243. The van der Waals surface area contributed by atoms with Crippen molar-refractivity contribution in [3.8, 4) is 0 Å². The molecule has 3 nitrogen and oxygen atoms in total. The number of anilines is 1. The molecule has 0 aliphatic carbocycles. The third-order valence-electron chi connectivity index (χ3n) is 3.21. The molecular formula is C16H15ClN2O. The summed E-state index contributed by atoms with van der Waals surface area (Å²) >= 11 is 6.20. The van der Waals surface area contributed by atoms with Gasteiger partial charge in [0, 0.05) is 24.0 Å². The van der Waals surface area contributed by atoms with Crippen molar-refractivity contribution in [1.82, 2.24) is 4.98 Å². The van der Waals surface area contributed by atoms with Gasteiger partial charge in [0.25, 0.3) is 0 Å². The van der Waals surface area contributed by atoms with Crippen LogP contribution in [-0.2, 0) is 6.42 Å². The van der Waals surface area contributed by atoms with Crippen molar-refractivity contribution in [2.45, 2.75) is 19.4 Å². The predicted molar refractivity (Wildman–Crippen MR) is 82.2 cm³/mol.